The van der Waals surface area contributed by atoms with Crippen LogP contribution in [0.3, 0.4) is 0 Å². The Morgan fingerprint density at radius 1 is 1.26 bits per heavy atom. The number of nitrogens with one attached hydrogen (secondary N) is 1. The van der Waals surface area contributed by atoms with E-state index in [0.717, 1.165) is 6.42 Å². The highest BCUT2D eigenvalue weighted by molar-refractivity contribution is 5.88. The number of esters is 1. The third kappa shape index (κ3) is 3.13. The van der Waals surface area contributed by atoms with Crippen molar-refractivity contribution in [1.82, 2.24) is 19.6 Å². The Labute approximate surface area is 131 Å². The summed E-state index contributed by atoms with van der Waals surface area (Å²) in [4.78, 5) is 32.3. The molecule has 0 amide bonds. The van der Waals surface area contributed by atoms with E-state index in [1.165, 1.54) is 16.3 Å². The van der Waals surface area contributed by atoms with Crippen LogP contribution in [0.4, 0.5) is 0 Å². The van der Waals surface area contributed by atoms with E-state index >= 15 is 0 Å². The summed E-state index contributed by atoms with van der Waals surface area (Å²) in [5.41, 5.74) is 0.565. The Kier molecular flexibility index (Phi) is 4.18. The predicted molar refractivity (Wildman–Crippen MR) is 83.4 cm³/mol. The molecule has 7 nitrogen and oxygen atoms in total. The van der Waals surface area contributed by atoms with E-state index in [-0.39, 0.29) is 17.9 Å². The normalized spacial score (nSPS) is 10.8. The van der Waals surface area contributed by atoms with Crippen LogP contribution >= 0.6 is 0 Å². The van der Waals surface area contributed by atoms with Crippen LogP contribution in [0.5, 0.6) is 0 Å². The molecular formula is C16H16N4O3. The molecule has 0 saturated carbocycles. The minimum Gasteiger partial charge on any atom is -0.462 e. The fraction of sp³-hybridized carbons (Fsp3) is 0.250. The number of rotatable bonds is 5. The van der Waals surface area contributed by atoms with E-state index < -0.39 is 11.5 Å². The van der Waals surface area contributed by atoms with Crippen molar-refractivity contribution in [2.24, 2.45) is 0 Å². The van der Waals surface area contributed by atoms with Gasteiger partial charge in [-0.05, 0) is 18.9 Å². The van der Waals surface area contributed by atoms with Gasteiger partial charge in [-0.25, -0.2) is 9.78 Å². The minimum atomic E-state index is -0.681. The Morgan fingerprint density at radius 2 is 2.04 bits per heavy atom. The largest absolute Gasteiger partial charge is 0.462 e. The lowest BCUT2D eigenvalue weighted by Gasteiger charge is -2.00. The number of aromatic amines is 1. The molecule has 2 aromatic heterocycles. The molecule has 0 aliphatic heterocycles. The summed E-state index contributed by atoms with van der Waals surface area (Å²) < 4.78 is 6.02. The van der Waals surface area contributed by atoms with Crippen molar-refractivity contribution in [2.75, 3.05) is 6.61 Å². The molecule has 0 radical (unpaired) electrons. The molecule has 0 spiro atoms. The van der Waals surface area contributed by atoms with E-state index in [9.17, 15) is 9.59 Å². The molecule has 1 N–H and O–H groups in total. The Balaban J connectivity index is 1.86. The third-order valence-corrected chi connectivity index (χ3v) is 3.41. The Bertz CT molecular complexity index is 883. The number of hydrogen-bond donors (Lipinski definition) is 1. The van der Waals surface area contributed by atoms with Gasteiger partial charge in [0, 0.05) is 6.42 Å². The van der Waals surface area contributed by atoms with Crippen LogP contribution in [0.25, 0.3) is 5.78 Å². The van der Waals surface area contributed by atoms with Gasteiger partial charge in [-0.3, -0.25) is 9.89 Å². The number of ether oxygens (including phenoxy) is 1. The monoisotopic (exact) mass is 312 g/mol. The molecule has 0 atom stereocenters. The number of hydrogen-bond acceptors (Lipinski definition) is 5. The Hall–Kier alpha value is -2.96. The zero-order chi connectivity index (χ0) is 16.2. The van der Waals surface area contributed by atoms with Gasteiger partial charge < -0.3 is 4.74 Å². The number of carbonyl (C=O) groups excluding carboxylic acids is 1. The van der Waals surface area contributed by atoms with Gasteiger partial charge in [-0.1, -0.05) is 30.3 Å². The average Bonchev–Trinajstić information content (AvgIpc) is 2.98. The fourth-order valence-electron chi connectivity index (χ4n) is 2.27. The maximum atomic E-state index is 12.3. The maximum Gasteiger partial charge on any atom is 0.345 e. The van der Waals surface area contributed by atoms with Crippen molar-refractivity contribution in [3.63, 3.8) is 0 Å². The number of carbonyl (C=O) groups is 1. The lowest BCUT2D eigenvalue weighted by molar-refractivity contribution is 0.0523. The van der Waals surface area contributed by atoms with Gasteiger partial charge >= 0.3 is 5.97 Å². The molecule has 3 rings (SSSR count). The van der Waals surface area contributed by atoms with Gasteiger partial charge in [0.05, 0.1) is 12.8 Å². The van der Waals surface area contributed by atoms with Gasteiger partial charge in [0.15, 0.2) is 0 Å². The molecule has 0 aliphatic rings. The topological polar surface area (TPSA) is 89.3 Å². The summed E-state index contributed by atoms with van der Waals surface area (Å²) in [6.45, 7) is 1.88. The van der Waals surface area contributed by atoms with Crippen molar-refractivity contribution >= 4 is 11.7 Å². The van der Waals surface area contributed by atoms with Crippen LogP contribution in [0.1, 0.15) is 28.7 Å². The predicted octanol–water partition coefficient (Wildman–Crippen LogP) is 1.38. The highest BCUT2D eigenvalue weighted by atomic mass is 16.5. The lowest BCUT2D eigenvalue weighted by Crippen LogP contribution is -2.24. The van der Waals surface area contributed by atoms with Gasteiger partial charge in [0.1, 0.15) is 11.4 Å². The van der Waals surface area contributed by atoms with Crippen molar-refractivity contribution in [3.05, 3.63) is 63.8 Å². The maximum absolute atomic E-state index is 12.3. The highest BCUT2D eigenvalue weighted by Gasteiger charge is 2.16. The number of aromatic nitrogens is 4. The molecule has 2 heterocycles. The Morgan fingerprint density at radius 3 is 2.78 bits per heavy atom. The van der Waals surface area contributed by atoms with Gasteiger partial charge in [0.2, 0.25) is 0 Å². The molecule has 0 fully saturated rings. The summed E-state index contributed by atoms with van der Waals surface area (Å²) in [5.74, 6) is 0.199. The zero-order valence-electron chi connectivity index (χ0n) is 12.7. The van der Waals surface area contributed by atoms with Crippen LogP contribution in [0.2, 0.25) is 0 Å². The fourth-order valence-corrected chi connectivity index (χ4v) is 2.27. The second-order valence-corrected chi connectivity index (χ2v) is 4.99. The molecule has 0 unspecified atom stereocenters. The average molecular weight is 312 g/mol. The summed E-state index contributed by atoms with van der Waals surface area (Å²) in [5, 5.41) is 2.89. The number of benzene rings is 1. The number of nitrogens with zero attached hydrogens (tertiary/aromatic N) is 3. The lowest BCUT2D eigenvalue weighted by atomic mass is 10.1. The van der Waals surface area contributed by atoms with Crippen LogP contribution in [0, 0.1) is 0 Å². The van der Waals surface area contributed by atoms with Crippen molar-refractivity contribution < 1.29 is 9.53 Å². The molecule has 7 heteroatoms. The summed E-state index contributed by atoms with van der Waals surface area (Å²) in [7, 11) is 0. The number of fused-ring (bicyclic) bond motifs is 1. The first-order valence-corrected chi connectivity index (χ1v) is 7.36. The molecule has 0 saturated heterocycles. The van der Waals surface area contributed by atoms with Crippen molar-refractivity contribution in [3.8, 4) is 0 Å². The number of H-pyrrole nitrogens is 1. The minimum absolute atomic E-state index is 0.109. The molecule has 1 aromatic carbocycles. The van der Waals surface area contributed by atoms with E-state index in [1.54, 1.807) is 6.92 Å². The molecule has 3 aromatic rings. The van der Waals surface area contributed by atoms with Crippen LogP contribution in [0.15, 0.2) is 41.3 Å². The molecular weight excluding hydrogens is 296 g/mol. The third-order valence-electron chi connectivity index (χ3n) is 3.41. The first kappa shape index (κ1) is 15.0. The molecule has 0 bridgehead atoms. The molecule has 23 heavy (non-hydrogen) atoms. The SMILES string of the molecule is CCOC(=O)c1cnc2nc(CCc3ccccc3)[nH]n2c1=O. The summed E-state index contributed by atoms with van der Waals surface area (Å²) in [6.07, 6.45) is 2.64. The smallest absolute Gasteiger partial charge is 0.345 e. The summed E-state index contributed by atoms with van der Waals surface area (Å²) in [6, 6.07) is 9.99. The second kappa shape index (κ2) is 6.43. The molecule has 118 valence electrons. The first-order chi connectivity index (χ1) is 11.2. The van der Waals surface area contributed by atoms with Crippen molar-refractivity contribution in [2.45, 2.75) is 19.8 Å². The quantitative estimate of drug-likeness (QED) is 0.719. The second-order valence-electron chi connectivity index (χ2n) is 4.99. The van der Waals surface area contributed by atoms with E-state index in [0.29, 0.717) is 12.2 Å². The van der Waals surface area contributed by atoms with Crippen molar-refractivity contribution in [1.29, 1.82) is 0 Å². The molecule has 0 aliphatic carbocycles. The highest BCUT2D eigenvalue weighted by Crippen LogP contribution is 2.05. The number of aryl methyl sites for hydroxylation is 2. The van der Waals surface area contributed by atoms with E-state index in [2.05, 4.69) is 15.1 Å². The van der Waals surface area contributed by atoms with E-state index in [4.69, 9.17) is 4.74 Å². The van der Waals surface area contributed by atoms with Crippen LogP contribution in [-0.4, -0.2) is 32.2 Å². The summed E-state index contributed by atoms with van der Waals surface area (Å²) >= 11 is 0. The van der Waals surface area contributed by atoms with Gasteiger partial charge in [0.25, 0.3) is 11.3 Å². The first-order valence-electron chi connectivity index (χ1n) is 7.36. The van der Waals surface area contributed by atoms with Crippen LogP contribution in [-0.2, 0) is 17.6 Å². The van der Waals surface area contributed by atoms with Gasteiger partial charge in [-0.2, -0.15) is 9.50 Å². The van der Waals surface area contributed by atoms with E-state index in [1.807, 2.05) is 30.3 Å². The van der Waals surface area contributed by atoms with Crippen LogP contribution < -0.4 is 5.56 Å². The van der Waals surface area contributed by atoms with Gasteiger partial charge in [-0.15, -0.1) is 0 Å². The zero-order valence-corrected chi connectivity index (χ0v) is 12.7. The standard InChI is InChI=1S/C16H16N4O3/c1-2-23-15(22)12-10-17-16-18-13(19-20(16)14(12)21)9-8-11-6-4-3-5-7-11/h3-7,10H,2,8-9H2,1H3,(H,17,18,19).